The van der Waals surface area contributed by atoms with E-state index in [0.29, 0.717) is 75.3 Å². The second-order valence-electron chi connectivity index (χ2n) is 7.29. The van der Waals surface area contributed by atoms with E-state index in [1.807, 2.05) is 0 Å². The number of imide groups is 1. The zero-order chi connectivity index (χ0) is 24.0. The van der Waals surface area contributed by atoms with Crippen LogP contribution in [0.2, 0.25) is 0 Å². The standard InChI is InChI=1S/C25H29NO8/c27-19-20-5-7-21(8-6-20)34-18-17-33-16-15-32-14-13-31-12-11-30-10-9-26-24(28)22-3-1-2-4-23(22)25(26)29/h1-8,19H,9-18H2. The summed E-state index contributed by atoms with van der Waals surface area (Å²) in [6.45, 7) is 3.87. The van der Waals surface area contributed by atoms with Crippen LogP contribution in [0.5, 0.6) is 5.75 Å². The smallest absolute Gasteiger partial charge is 0.261 e. The molecule has 2 aromatic carbocycles. The fourth-order valence-corrected chi connectivity index (χ4v) is 3.22. The first-order chi connectivity index (χ1) is 16.7. The number of hydrogen-bond acceptors (Lipinski definition) is 8. The zero-order valence-electron chi connectivity index (χ0n) is 19.0. The predicted molar refractivity (Wildman–Crippen MR) is 122 cm³/mol. The van der Waals surface area contributed by atoms with E-state index in [1.165, 1.54) is 4.90 Å². The van der Waals surface area contributed by atoms with Gasteiger partial charge in [-0.15, -0.1) is 0 Å². The number of aldehydes is 1. The van der Waals surface area contributed by atoms with E-state index in [0.717, 1.165) is 6.29 Å². The minimum absolute atomic E-state index is 0.215. The van der Waals surface area contributed by atoms with E-state index in [1.54, 1.807) is 48.5 Å². The third-order valence-corrected chi connectivity index (χ3v) is 4.97. The summed E-state index contributed by atoms with van der Waals surface area (Å²) in [7, 11) is 0. The number of fused-ring (bicyclic) bond motifs is 1. The Morgan fingerprint density at radius 2 is 1.09 bits per heavy atom. The highest BCUT2D eigenvalue weighted by atomic mass is 16.6. The lowest BCUT2D eigenvalue weighted by Gasteiger charge is -2.13. The van der Waals surface area contributed by atoms with Crippen molar-refractivity contribution in [2.24, 2.45) is 0 Å². The first kappa shape index (κ1) is 25.5. The minimum atomic E-state index is -0.278. The first-order valence-electron chi connectivity index (χ1n) is 11.1. The van der Waals surface area contributed by atoms with Crippen LogP contribution in [0.4, 0.5) is 0 Å². The van der Waals surface area contributed by atoms with Crippen molar-refractivity contribution in [1.82, 2.24) is 4.90 Å². The second-order valence-corrected chi connectivity index (χ2v) is 7.29. The Hall–Kier alpha value is -3.11. The van der Waals surface area contributed by atoms with Crippen LogP contribution in [-0.4, -0.2) is 89.0 Å². The van der Waals surface area contributed by atoms with Gasteiger partial charge in [0, 0.05) is 5.56 Å². The summed E-state index contributed by atoms with van der Waals surface area (Å²) in [6.07, 6.45) is 0.787. The lowest BCUT2D eigenvalue weighted by Crippen LogP contribution is -2.33. The molecule has 0 saturated heterocycles. The number of rotatable bonds is 17. The lowest BCUT2D eigenvalue weighted by molar-refractivity contribution is -0.00577. The van der Waals surface area contributed by atoms with Crippen molar-refractivity contribution in [3.8, 4) is 5.75 Å². The topological polar surface area (TPSA) is 101 Å². The molecule has 1 aliphatic rings. The molecular weight excluding hydrogens is 442 g/mol. The van der Waals surface area contributed by atoms with Gasteiger partial charge in [0.15, 0.2) is 0 Å². The fraction of sp³-hybridized carbons (Fsp3) is 0.400. The van der Waals surface area contributed by atoms with Gasteiger partial charge in [0.1, 0.15) is 18.6 Å². The van der Waals surface area contributed by atoms with Crippen LogP contribution in [0.15, 0.2) is 48.5 Å². The van der Waals surface area contributed by atoms with Gasteiger partial charge in [-0.2, -0.15) is 0 Å². The molecule has 0 saturated carbocycles. The highest BCUT2D eigenvalue weighted by Gasteiger charge is 2.34. The van der Waals surface area contributed by atoms with Crippen molar-refractivity contribution >= 4 is 18.1 Å². The average Bonchev–Trinajstić information content (AvgIpc) is 3.11. The van der Waals surface area contributed by atoms with E-state index in [2.05, 4.69) is 0 Å². The molecule has 3 rings (SSSR count). The Balaban J connectivity index is 1.09. The lowest BCUT2D eigenvalue weighted by atomic mass is 10.1. The van der Waals surface area contributed by atoms with E-state index < -0.39 is 0 Å². The third-order valence-electron chi connectivity index (χ3n) is 4.97. The zero-order valence-corrected chi connectivity index (χ0v) is 19.0. The SMILES string of the molecule is O=Cc1ccc(OCCOCCOCCOCCOCCN2C(=O)c3ccccc3C2=O)cc1. The molecule has 2 aromatic rings. The minimum Gasteiger partial charge on any atom is -0.491 e. The second kappa shape index (κ2) is 14.2. The summed E-state index contributed by atoms with van der Waals surface area (Å²) in [6, 6.07) is 13.7. The number of carbonyl (C=O) groups is 3. The van der Waals surface area contributed by atoms with Crippen LogP contribution in [-0.2, 0) is 18.9 Å². The quantitative estimate of drug-likeness (QED) is 0.197. The molecule has 2 amide bonds. The number of hydrogen-bond donors (Lipinski definition) is 0. The average molecular weight is 472 g/mol. The highest BCUT2D eigenvalue weighted by Crippen LogP contribution is 2.21. The molecule has 182 valence electrons. The summed E-state index contributed by atoms with van der Waals surface area (Å²) in [5.74, 6) is 0.133. The monoisotopic (exact) mass is 471 g/mol. The van der Waals surface area contributed by atoms with Gasteiger partial charge in [-0.25, -0.2) is 0 Å². The van der Waals surface area contributed by atoms with Gasteiger partial charge in [-0.3, -0.25) is 19.3 Å². The number of nitrogens with zero attached hydrogens (tertiary/aromatic N) is 1. The van der Waals surface area contributed by atoms with Gasteiger partial charge in [-0.05, 0) is 36.4 Å². The maximum Gasteiger partial charge on any atom is 0.261 e. The largest absolute Gasteiger partial charge is 0.491 e. The van der Waals surface area contributed by atoms with Gasteiger partial charge in [-0.1, -0.05) is 12.1 Å². The van der Waals surface area contributed by atoms with Crippen LogP contribution >= 0.6 is 0 Å². The summed E-state index contributed by atoms with van der Waals surface area (Å²) in [4.78, 5) is 36.3. The molecule has 0 atom stereocenters. The van der Waals surface area contributed by atoms with Crippen molar-refractivity contribution in [2.75, 3.05) is 66.0 Å². The molecule has 0 aliphatic carbocycles. The number of ether oxygens (including phenoxy) is 5. The van der Waals surface area contributed by atoms with Crippen molar-refractivity contribution in [2.45, 2.75) is 0 Å². The molecule has 34 heavy (non-hydrogen) atoms. The summed E-state index contributed by atoms with van der Waals surface area (Å²) in [5.41, 5.74) is 1.49. The highest BCUT2D eigenvalue weighted by molar-refractivity contribution is 6.21. The molecule has 0 unspecified atom stereocenters. The van der Waals surface area contributed by atoms with Crippen LogP contribution in [0.3, 0.4) is 0 Å². The maximum absolute atomic E-state index is 12.2. The summed E-state index contributed by atoms with van der Waals surface area (Å²) in [5, 5.41) is 0. The van der Waals surface area contributed by atoms with Crippen molar-refractivity contribution in [3.05, 3.63) is 65.2 Å². The van der Waals surface area contributed by atoms with E-state index in [9.17, 15) is 14.4 Å². The third kappa shape index (κ3) is 7.74. The molecule has 1 heterocycles. The van der Waals surface area contributed by atoms with Gasteiger partial charge >= 0.3 is 0 Å². The molecule has 0 spiro atoms. The van der Waals surface area contributed by atoms with E-state index in [-0.39, 0.29) is 25.0 Å². The molecule has 0 fully saturated rings. The number of carbonyl (C=O) groups excluding carboxylic acids is 3. The summed E-state index contributed by atoms with van der Waals surface area (Å²) >= 11 is 0. The van der Waals surface area contributed by atoms with Crippen LogP contribution in [0, 0.1) is 0 Å². The molecule has 0 aromatic heterocycles. The summed E-state index contributed by atoms with van der Waals surface area (Å²) < 4.78 is 27.3. The number of amides is 2. The Morgan fingerprint density at radius 3 is 1.59 bits per heavy atom. The molecule has 0 N–H and O–H groups in total. The van der Waals surface area contributed by atoms with Gasteiger partial charge < -0.3 is 23.7 Å². The molecule has 9 nitrogen and oxygen atoms in total. The van der Waals surface area contributed by atoms with Crippen LogP contribution in [0.1, 0.15) is 31.1 Å². The molecular formula is C25H29NO8. The van der Waals surface area contributed by atoms with Crippen molar-refractivity contribution < 1.29 is 38.1 Å². The van der Waals surface area contributed by atoms with Crippen molar-refractivity contribution in [1.29, 1.82) is 0 Å². The Labute approximate surface area is 198 Å². The maximum atomic E-state index is 12.2. The molecule has 9 heteroatoms. The Morgan fingerprint density at radius 1 is 0.618 bits per heavy atom. The Bertz CT molecular complexity index is 896. The molecule has 1 aliphatic heterocycles. The first-order valence-corrected chi connectivity index (χ1v) is 11.1. The van der Waals surface area contributed by atoms with Gasteiger partial charge in [0.25, 0.3) is 11.8 Å². The molecule has 0 radical (unpaired) electrons. The van der Waals surface area contributed by atoms with E-state index >= 15 is 0 Å². The van der Waals surface area contributed by atoms with Gasteiger partial charge in [0.05, 0.1) is 70.5 Å². The fourth-order valence-electron chi connectivity index (χ4n) is 3.22. The predicted octanol–water partition coefficient (Wildman–Crippen LogP) is 2.24. The van der Waals surface area contributed by atoms with Gasteiger partial charge in [0.2, 0.25) is 0 Å². The van der Waals surface area contributed by atoms with Crippen LogP contribution < -0.4 is 4.74 Å². The van der Waals surface area contributed by atoms with Crippen molar-refractivity contribution in [3.63, 3.8) is 0 Å². The normalized spacial score (nSPS) is 12.8. The Kier molecular flexibility index (Phi) is 10.7. The number of benzene rings is 2. The molecule has 0 bridgehead atoms. The van der Waals surface area contributed by atoms with Crippen LogP contribution in [0.25, 0.3) is 0 Å². The van der Waals surface area contributed by atoms with E-state index in [4.69, 9.17) is 23.7 Å².